The van der Waals surface area contributed by atoms with E-state index in [4.69, 9.17) is 15.2 Å². The van der Waals surface area contributed by atoms with Gasteiger partial charge in [0.05, 0.1) is 24.9 Å². The van der Waals surface area contributed by atoms with Crippen molar-refractivity contribution in [2.45, 2.75) is 70.8 Å². The average Bonchev–Trinajstić information content (AvgIpc) is 3.02. The molecule has 4 aliphatic rings. The van der Waals surface area contributed by atoms with Crippen LogP contribution in [0.15, 0.2) is 12.2 Å². The quantitative estimate of drug-likeness (QED) is 0.813. The summed E-state index contributed by atoms with van der Waals surface area (Å²) >= 11 is 0. The van der Waals surface area contributed by atoms with Crippen LogP contribution in [0, 0.1) is 22.7 Å². The van der Waals surface area contributed by atoms with Crippen molar-refractivity contribution >= 4 is 0 Å². The van der Waals surface area contributed by atoms with Crippen molar-refractivity contribution in [1.29, 1.82) is 0 Å². The lowest BCUT2D eigenvalue weighted by Crippen LogP contribution is -2.45. The number of rotatable bonds is 3. The smallest absolute Gasteiger partial charge is 0.0816 e. The van der Waals surface area contributed by atoms with Crippen molar-refractivity contribution in [2.24, 2.45) is 28.4 Å². The van der Waals surface area contributed by atoms with Gasteiger partial charge in [0.1, 0.15) is 0 Å². The van der Waals surface area contributed by atoms with E-state index in [9.17, 15) is 0 Å². The Morgan fingerprint density at radius 1 is 1.19 bits per heavy atom. The first-order valence-corrected chi connectivity index (χ1v) is 8.60. The van der Waals surface area contributed by atoms with Gasteiger partial charge in [0, 0.05) is 12.0 Å². The third-order valence-corrected chi connectivity index (χ3v) is 7.27. The van der Waals surface area contributed by atoms with Gasteiger partial charge in [0.2, 0.25) is 0 Å². The zero-order valence-electron chi connectivity index (χ0n) is 13.5. The first-order valence-electron chi connectivity index (χ1n) is 8.60. The van der Waals surface area contributed by atoms with Crippen LogP contribution in [-0.4, -0.2) is 31.0 Å². The largest absolute Gasteiger partial charge is 0.378 e. The van der Waals surface area contributed by atoms with Gasteiger partial charge >= 0.3 is 0 Å². The zero-order valence-corrected chi connectivity index (χ0v) is 13.5. The SMILES string of the molecule is CC12CC(OCC3CC4C=CC3O4)CC(C(N)C1)C2(C)C. The minimum atomic E-state index is 0.310. The Hall–Kier alpha value is -0.380. The second-order valence-electron chi connectivity index (χ2n) is 8.67. The molecule has 118 valence electrons. The summed E-state index contributed by atoms with van der Waals surface area (Å²) in [6.45, 7) is 8.10. The van der Waals surface area contributed by atoms with Gasteiger partial charge in [-0.25, -0.2) is 0 Å². The molecule has 7 unspecified atom stereocenters. The molecule has 1 saturated heterocycles. The van der Waals surface area contributed by atoms with Gasteiger partial charge in [-0.3, -0.25) is 0 Å². The van der Waals surface area contributed by atoms with Crippen molar-refractivity contribution in [3.05, 3.63) is 12.2 Å². The molecule has 3 fully saturated rings. The standard InChI is InChI=1S/C18H29NO2/c1-17(2)14-7-13(8-18(17,3)9-15(14)19)20-10-11-6-12-4-5-16(11)21-12/h4-5,11-16H,6-10,19H2,1-3H3. The van der Waals surface area contributed by atoms with Crippen LogP contribution < -0.4 is 5.73 Å². The molecule has 0 aromatic rings. The summed E-state index contributed by atoms with van der Waals surface area (Å²) in [6.07, 6.45) is 10.1. The third-order valence-electron chi connectivity index (χ3n) is 7.27. The molecule has 0 aromatic heterocycles. The molecule has 0 amide bonds. The van der Waals surface area contributed by atoms with E-state index < -0.39 is 0 Å². The molecule has 2 aliphatic heterocycles. The highest BCUT2D eigenvalue weighted by Crippen LogP contribution is 2.62. The number of ether oxygens (including phenoxy) is 2. The van der Waals surface area contributed by atoms with Crippen LogP contribution >= 0.6 is 0 Å². The highest BCUT2D eigenvalue weighted by atomic mass is 16.5. The van der Waals surface area contributed by atoms with Crippen LogP contribution in [0.25, 0.3) is 0 Å². The van der Waals surface area contributed by atoms with Crippen LogP contribution in [0.2, 0.25) is 0 Å². The maximum Gasteiger partial charge on any atom is 0.0816 e. The van der Waals surface area contributed by atoms with Gasteiger partial charge in [0.15, 0.2) is 0 Å². The molecule has 0 spiro atoms. The van der Waals surface area contributed by atoms with Crippen LogP contribution in [0.4, 0.5) is 0 Å². The Labute approximate surface area is 128 Å². The Bertz CT molecular complexity index is 460. The lowest BCUT2D eigenvalue weighted by atomic mass is 9.58. The fraction of sp³-hybridized carbons (Fsp3) is 0.889. The van der Waals surface area contributed by atoms with Gasteiger partial charge in [-0.2, -0.15) is 0 Å². The molecule has 2 N–H and O–H groups in total. The fourth-order valence-electron chi connectivity index (χ4n) is 5.50. The molecule has 0 aromatic carbocycles. The van der Waals surface area contributed by atoms with Gasteiger partial charge in [0.25, 0.3) is 0 Å². The maximum atomic E-state index is 6.43. The topological polar surface area (TPSA) is 44.5 Å². The first-order chi connectivity index (χ1) is 9.89. The summed E-state index contributed by atoms with van der Waals surface area (Å²) in [5.41, 5.74) is 7.12. The van der Waals surface area contributed by atoms with E-state index in [2.05, 4.69) is 32.9 Å². The molecule has 7 atom stereocenters. The number of hydrogen-bond acceptors (Lipinski definition) is 3. The molecule has 3 nitrogen and oxygen atoms in total. The predicted molar refractivity (Wildman–Crippen MR) is 82.9 cm³/mol. The van der Waals surface area contributed by atoms with Crippen molar-refractivity contribution in [3.63, 3.8) is 0 Å². The van der Waals surface area contributed by atoms with Gasteiger partial charge in [-0.1, -0.05) is 32.9 Å². The van der Waals surface area contributed by atoms with E-state index in [1.165, 1.54) is 6.42 Å². The maximum absolute atomic E-state index is 6.43. The summed E-state index contributed by atoms with van der Waals surface area (Å²) < 4.78 is 12.2. The van der Waals surface area contributed by atoms with E-state index in [0.29, 0.717) is 47.0 Å². The number of nitrogens with two attached hydrogens (primary N) is 1. The van der Waals surface area contributed by atoms with E-state index in [0.717, 1.165) is 25.9 Å². The summed E-state index contributed by atoms with van der Waals surface area (Å²) in [6, 6.07) is 0.354. The van der Waals surface area contributed by atoms with E-state index in [1.54, 1.807) is 0 Å². The Morgan fingerprint density at radius 3 is 2.62 bits per heavy atom. The van der Waals surface area contributed by atoms with E-state index in [1.807, 2.05) is 0 Å². The molecule has 0 radical (unpaired) electrons. The lowest BCUT2D eigenvalue weighted by molar-refractivity contribution is -0.0813. The summed E-state index contributed by atoms with van der Waals surface area (Å²) in [5, 5.41) is 0. The molecule has 4 rings (SSSR count). The van der Waals surface area contributed by atoms with Gasteiger partial charge in [-0.05, 0) is 42.4 Å². The molecular weight excluding hydrogens is 262 g/mol. The number of hydrogen-bond donors (Lipinski definition) is 1. The van der Waals surface area contributed by atoms with Crippen LogP contribution in [-0.2, 0) is 9.47 Å². The monoisotopic (exact) mass is 291 g/mol. The molecule has 2 heterocycles. The third kappa shape index (κ3) is 2.04. The Kier molecular flexibility index (Phi) is 3.09. The second-order valence-corrected chi connectivity index (χ2v) is 8.67. The summed E-state index contributed by atoms with van der Waals surface area (Å²) in [4.78, 5) is 0. The fourth-order valence-corrected chi connectivity index (χ4v) is 5.50. The van der Waals surface area contributed by atoms with Crippen molar-refractivity contribution in [1.82, 2.24) is 0 Å². The van der Waals surface area contributed by atoms with E-state index >= 15 is 0 Å². The highest BCUT2D eigenvalue weighted by Gasteiger charge is 2.59. The second kappa shape index (κ2) is 4.56. The van der Waals surface area contributed by atoms with Crippen LogP contribution in [0.3, 0.4) is 0 Å². The van der Waals surface area contributed by atoms with E-state index in [-0.39, 0.29) is 0 Å². The molecule has 2 aliphatic carbocycles. The molecule has 3 heteroatoms. The molecule has 21 heavy (non-hydrogen) atoms. The zero-order chi connectivity index (χ0) is 14.8. The summed E-state index contributed by atoms with van der Waals surface area (Å²) in [5.74, 6) is 1.17. The average molecular weight is 291 g/mol. The number of fused-ring (bicyclic) bond motifs is 4. The van der Waals surface area contributed by atoms with Gasteiger partial charge < -0.3 is 15.2 Å². The molecule has 2 saturated carbocycles. The minimum absolute atomic E-state index is 0.310. The normalized spacial score (nSPS) is 53.5. The molecular formula is C18H29NO2. The summed E-state index contributed by atoms with van der Waals surface area (Å²) in [7, 11) is 0. The predicted octanol–water partition coefficient (Wildman–Crippen LogP) is 2.89. The Balaban J connectivity index is 1.39. The van der Waals surface area contributed by atoms with Crippen molar-refractivity contribution < 1.29 is 9.47 Å². The van der Waals surface area contributed by atoms with Crippen LogP contribution in [0.1, 0.15) is 46.5 Å². The lowest BCUT2D eigenvalue weighted by Gasteiger charge is -2.49. The first kappa shape index (κ1) is 14.2. The van der Waals surface area contributed by atoms with Crippen molar-refractivity contribution in [2.75, 3.05) is 6.61 Å². The van der Waals surface area contributed by atoms with Crippen LogP contribution in [0.5, 0.6) is 0 Å². The van der Waals surface area contributed by atoms with Gasteiger partial charge in [-0.15, -0.1) is 0 Å². The minimum Gasteiger partial charge on any atom is -0.378 e. The molecule has 4 bridgehead atoms. The Morgan fingerprint density at radius 2 is 2.00 bits per heavy atom. The highest BCUT2D eigenvalue weighted by molar-refractivity contribution is 5.12. The van der Waals surface area contributed by atoms with Crippen molar-refractivity contribution in [3.8, 4) is 0 Å².